The van der Waals surface area contributed by atoms with E-state index in [1.807, 2.05) is 0 Å². The van der Waals surface area contributed by atoms with Crippen LogP contribution in [0.3, 0.4) is 0 Å². The molecular formula is C19H18N2O3. The number of hydrogen-bond acceptors (Lipinski definition) is 4. The molecule has 1 aliphatic carbocycles. The third-order valence-electron chi connectivity index (χ3n) is 4.06. The van der Waals surface area contributed by atoms with Crippen molar-refractivity contribution in [3.05, 3.63) is 70.3 Å². The van der Waals surface area contributed by atoms with Gasteiger partial charge in [-0.2, -0.15) is 0 Å². The van der Waals surface area contributed by atoms with Crippen LogP contribution in [0, 0.1) is 0 Å². The van der Waals surface area contributed by atoms with Gasteiger partial charge in [0, 0.05) is 28.8 Å². The Morgan fingerprint density at radius 1 is 0.917 bits per heavy atom. The summed E-state index contributed by atoms with van der Waals surface area (Å²) in [6, 6.07) is 11.8. The van der Waals surface area contributed by atoms with Crippen molar-refractivity contribution in [2.45, 2.75) is 12.8 Å². The van der Waals surface area contributed by atoms with Gasteiger partial charge in [-0.1, -0.05) is 36.4 Å². The molecule has 0 aliphatic heterocycles. The molecule has 0 fully saturated rings. The summed E-state index contributed by atoms with van der Waals surface area (Å²) in [6.07, 6.45) is 0.890. The van der Waals surface area contributed by atoms with Crippen LogP contribution < -0.4 is 11.1 Å². The highest BCUT2D eigenvalue weighted by molar-refractivity contribution is 6.28. The van der Waals surface area contributed by atoms with Gasteiger partial charge in [0.1, 0.15) is 0 Å². The van der Waals surface area contributed by atoms with E-state index in [1.165, 1.54) is 0 Å². The van der Waals surface area contributed by atoms with Gasteiger partial charge in [-0.25, -0.2) is 0 Å². The quantitative estimate of drug-likeness (QED) is 0.696. The summed E-state index contributed by atoms with van der Waals surface area (Å²) in [5.41, 5.74) is 7.71. The van der Waals surface area contributed by atoms with Crippen molar-refractivity contribution in [1.82, 2.24) is 5.32 Å². The van der Waals surface area contributed by atoms with Gasteiger partial charge in [-0.3, -0.25) is 14.4 Å². The Hall–Kier alpha value is -2.79. The lowest BCUT2D eigenvalue weighted by molar-refractivity contribution is -0.120. The van der Waals surface area contributed by atoms with Crippen LogP contribution in [0.2, 0.25) is 0 Å². The number of nitrogens with two attached hydrogens (primary N) is 1. The summed E-state index contributed by atoms with van der Waals surface area (Å²) in [6.45, 7) is 1.06. The van der Waals surface area contributed by atoms with E-state index in [1.54, 1.807) is 42.5 Å². The molecule has 3 N–H and O–H groups in total. The summed E-state index contributed by atoms with van der Waals surface area (Å²) in [5.74, 6) is -0.455. The van der Waals surface area contributed by atoms with Crippen LogP contribution in [0.15, 0.2) is 42.5 Å². The van der Waals surface area contributed by atoms with Crippen LogP contribution in [0.5, 0.6) is 0 Å². The molecule has 5 nitrogen and oxygen atoms in total. The number of benzene rings is 2. The normalized spacial score (nSPS) is 12.5. The van der Waals surface area contributed by atoms with E-state index in [-0.39, 0.29) is 23.9 Å². The van der Waals surface area contributed by atoms with E-state index >= 15 is 0 Å². The van der Waals surface area contributed by atoms with Gasteiger partial charge < -0.3 is 11.1 Å². The maximum absolute atomic E-state index is 12.6. The first-order valence-electron chi connectivity index (χ1n) is 7.90. The summed E-state index contributed by atoms with van der Waals surface area (Å²) < 4.78 is 0. The minimum atomic E-state index is -0.175. The lowest BCUT2D eigenvalue weighted by Gasteiger charge is -2.18. The zero-order chi connectivity index (χ0) is 17.1. The Morgan fingerprint density at radius 2 is 1.54 bits per heavy atom. The van der Waals surface area contributed by atoms with E-state index in [9.17, 15) is 14.4 Å². The minimum Gasteiger partial charge on any atom is -0.356 e. The van der Waals surface area contributed by atoms with Crippen molar-refractivity contribution in [2.75, 3.05) is 13.1 Å². The molecule has 0 atom stereocenters. The molecule has 2 aromatic rings. The standard InChI is InChI=1S/C19H18N2O3/c20-8-3-9-21-17(22)11-12-6-7-15-16(10-12)19(24)14-5-2-1-4-13(14)18(15)23/h1-2,4-7,10H,3,8-9,11,20H2,(H,21,22). The minimum absolute atomic E-state index is 0.126. The summed E-state index contributed by atoms with van der Waals surface area (Å²) in [4.78, 5) is 37.0. The summed E-state index contributed by atoms with van der Waals surface area (Å²) in [5, 5.41) is 2.78. The lowest BCUT2D eigenvalue weighted by atomic mass is 9.83. The second kappa shape index (κ2) is 6.76. The molecule has 1 amide bonds. The van der Waals surface area contributed by atoms with E-state index in [4.69, 9.17) is 5.73 Å². The van der Waals surface area contributed by atoms with Crippen molar-refractivity contribution in [3.63, 3.8) is 0 Å². The van der Waals surface area contributed by atoms with Crippen LogP contribution in [0.4, 0.5) is 0 Å². The van der Waals surface area contributed by atoms with Gasteiger partial charge in [-0.15, -0.1) is 0 Å². The average molecular weight is 322 g/mol. The Balaban J connectivity index is 1.85. The van der Waals surface area contributed by atoms with Crippen LogP contribution in [0.25, 0.3) is 0 Å². The predicted octanol–water partition coefficient (Wildman–Crippen LogP) is 1.47. The number of carbonyl (C=O) groups is 3. The average Bonchev–Trinajstić information content (AvgIpc) is 2.60. The molecule has 2 aromatic carbocycles. The maximum Gasteiger partial charge on any atom is 0.224 e. The van der Waals surface area contributed by atoms with Gasteiger partial charge >= 0.3 is 0 Å². The fourth-order valence-electron chi connectivity index (χ4n) is 2.83. The molecule has 0 saturated carbocycles. The molecule has 5 heteroatoms. The second-order valence-corrected chi connectivity index (χ2v) is 5.75. The molecule has 0 radical (unpaired) electrons. The molecule has 0 unspecified atom stereocenters. The highest BCUT2D eigenvalue weighted by atomic mass is 16.2. The second-order valence-electron chi connectivity index (χ2n) is 5.75. The first-order chi connectivity index (χ1) is 11.6. The molecule has 0 heterocycles. The molecule has 3 rings (SSSR count). The van der Waals surface area contributed by atoms with Gasteiger partial charge in [0.2, 0.25) is 5.91 Å². The van der Waals surface area contributed by atoms with Crippen LogP contribution in [0.1, 0.15) is 43.8 Å². The largest absolute Gasteiger partial charge is 0.356 e. The number of carbonyl (C=O) groups excluding carboxylic acids is 3. The third kappa shape index (κ3) is 2.98. The molecular weight excluding hydrogens is 304 g/mol. The van der Waals surface area contributed by atoms with Crippen LogP contribution in [-0.2, 0) is 11.2 Å². The predicted molar refractivity (Wildman–Crippen MR) is 90.1 cm³/mol. The Kier molecular flexibility index (Phi) is 4.53. The number of amides is 1. The summed E-state index contributed by atoms with van der Waals surface area (Å²) >= 11 is 0. The van der Waals surface area contributed by atoms with Crippen molar-refractivity contribution in [2.24, 2.45) is 5.73 Å². The first-order valence-corrected chi connectivity index (χ1v) is 7.90. The van der Waals surface area contributed by atoms with Crippen molar-refractivity contribution in [3.8, 4) is 0 Å². The number of hydrogen-bond donors (Lipinski definition) is 2. The maximum atomic E-state index is 12.6. The van der Waals surface area contributed by atoms with Gasteiger partial charge in [0.25, 0.3) is 0 Å². The van der Waals surface area contributed by atoms with Crippen molar-refractivity contribution >= 4 is 17.5 Å². The monoisotopic (exact) mass is 322 g/mol. The highest BCUT2D eigenvalue weighted by Gasteiger charge is 2.29. The fourth-order valence-corrected chi connectivity index (χ4v) is 2.83. The van der Waals surface area contributed by atoms with Gasteiger partial charge in [-0.05, 0) is 24.6 Å². The zero-order valence-electron chi connectivity index (χ0n) is 13.2. The van der Waals surface area contributed by atoms with Crippen LogP contribution >= 0.6 is 0 Å². The Morgan fingerprint density at radius 3 is 2.21 bits per heavy atom. The third-order valence-corrected chi connectivity index (χ3v) is 4.06. The number of nitrogens with one attached hydrogen (secondary N) is 1. The molecule has 122 valence electrons. The Labute approximate surface area is 139 Å². The lowest BCUT2D eigenvalue weighted by Crippen LogP contribution is -2.27. The molecule has 0 spiro atoms. The van der Waals surface area contributed by atoms with E-state index in [0.717, 1.165) is 6.42 Å². The molecule has 0 aromatic heterocycles. The van der Waals surface area contributed by atoms with E-state index in [2.05, 4.69) is 5.32 Å². The first kappa shape index (κ1) is 16.1. The van der Waals surface area contributed by atoms with E-state index in [0.29, 0.717) is 40.9 Å². The zero-order valence-corrected chi connectivity index (χ0v) is 13.2. The van der Waals surface area contributed by atoms with Gasteiger partial charge in [0.15, 0.2) is 11.6 Å². The number of ketones is 2. The molecule has 0 bridgehead atoms. The SMILES string of the molecule is NCCCNC(=O)Cc1ccc2c(c1)C(=O)c1ccccc1C2=O. The molecule has 1 aliphatic rings. The molecule has 0 saturated heterocycles. The number of fused-ring (bicyclic) bond motifs is 2. The van der Waals surface area contributed by atoms with E-state index < -0.39 is 0 Å². The smallest absolute Gasteiger partial charge is 0.224 e. The fraction of sp³-hybridized carbons (Fsp3) is 0.211. The van der Waals surface area contributed by atoms with Crippen molar-refractivity contribution in [1.29, 1.82) is 0 Å². The molecule has 24 heavy (non-hydrogen) atoms. The van der Waals surface area contributed by atoms with Gasteiger partial charge in [0.05, 0.1) is 6.42 Å². The summed E-state index contributed by atoms with van der Waals surface area (Å²) in [7, 11) is 0. The Bertz CT molecular complexity index is 827. The number of rotatable bonds is 5. The topological polar surface area (TPSA) is 89.3 Å². The van der Waals surface area contributed by atoms with Crippen LogP contribution in [-0.4, -0.2) is 30.6 Å². The van der Waals surface area contributed by atoms with Crippen molar-refractivity contribution < 1.29 is 14.4 Å². The highest BCUT2D eigenvalue weighted by Crippen LogP contribution is 2.27.